The highest BCUT2D eigenvalue weighted by atomic mass is 16.5. The summed E-state index contributed by atoms with van der Waals surface area (Å²) in [5, 5.41) is 0. The molecule has 0 saturated carbocycles. The molecule has 0 aromatic heterocycles. The van der Waals surface area contributed by atoms with Crippen molar-refractivity contribution in [3.63, 3.8) is 0 Å². The maximum absolute atomic E-state index is 5.81. The summed E-state index contributed by atoms with van der Waals surface area (Å²) in [6, 6.07) is 18.6. The van der Waals surface area contributed by atoms with Crippen molar-refractivity contribution in [2.45, 2.75) is 45.4 Å². The molecule has 0 spiro atoms. The summed E-state index contributed by atoms with van der Waals surface area (Å²) >= 11 is 0. The summed E-state index contributed by atoms with van der Waals surface area (Å²) in [7, 11) is 0. The number of unbranched alkanes of at least 4 members (excludes halogenated alkanes) is 5. The molecule has 25 heavy (non-hydrogen) atoms. The third-order valence-electron chi connectivity index (χ3n) is 4.13. The Labute approximate surface area is 153 Å². The van der Waals surface area contributed by atoms with Crippen LogP contribution in [-0.4, -0.2) is 6.61 Å². The molecule has 0 radical (unpaired) electrons. The Morgan fingerprint density at radius 3 is 1.96 bits per heavy atom. The van der Waals surface area contributed by atoms with Crippen molar-refractivity contribution in [1.82, 2.24) is 0 Å². The van der Waals surface area contributed by atoms with Crippen LogP contribution in [0.1, 0.15) is 56.6 Å². The van der Waals surface area contributed by atoms with Gasteiger partial charge < -0.3 is 4.74 Å². The summed E-state index contributed by atoms with van der Waals surface area (Å²) in [4.78, 5) is 0. The van der Waals surface area contributed by atoms with E-state index < -0.39 is 0 Å². The third kappa shape index (κ3) is 8.39. The lowest BCUT2D eigenvalue weighted by atomic mass is 10.1. The van der Waals surface area contributed by atoms with E-state index in [4.69, 9.17) is 4.74 Å². The van der Waals surface area contributed by atoms with Gasteiger partial charge in [-0.1, -0.05) is 106 Å². The molecule has 0 saturated heterocycles. The SMILES string of the molecule is CCCCCCCCOc1ccc(C=CC=Cc2ccccc2)cc1. The van der Waals surface area contributed by atoms with Crippen molar-refractivity contribution in [1.29, 1.82) is 0 Å². The van der Waals surface area contributed by atoms with Gasteiger partial charge in [-0.2, -0.15) is 0 Å². The zero-order chi connectivity index (χ0) is 17.6. The van der Waals surface area contributed by atoms with E-state index in [-0.39, 0.29) is 0 Å². The van der Waals surface area contributed by atoms with Crippen LogP contribution in [0.3, 0.4) is 0 Å². The van der Waals surface area contributed by atoms with E-state index in [2.05, 4.69) is 67.6 Å². The van der Waals surface area contributed by atoms with E-state index in [9.17, 15) is 0 Å². The van der Waals surface area contributed by atoms with Gasteiger partial charge in [0.25, 0.3) is 0 Å². The van der Waals surface area contributed by atoms with Crippen LogP contribution < -0.4 is 4.74 Å². The predicted molar refractivity (Wildman–Crippen MR) is 110 cm³/mol. The Balaban J connectivity index is 1.67. The third-order valence-corrected chi connectivity index (χ3v) is 4.13. The van der Waals surface area contributed by atoms with Crippen LogP contribution in [0.5, 0.6) is 5.75 Å². The van der Waals surface area contributed by atoms with Crippen molar-refractivity contribution < 1.29 is 4.74 Å². The molecule has 2 rings (SSSR count). The average molecular weight is 335 g/mol. The topological polar surface area (TPSA) is 9.23 Å². The fourth-order valence-electron chi connectivity index (χ4n) is 2.65. The second-order valence-electron chi connectivity index (χ2n) is 6.31. The van der Waals surface area contributed by atoms with Crippen molar-refractivity contribution in [2.75, 3.05) is 6.61 Å². The molecule has 0 atom stereocenters. The van der Waals surface area contributed by atoms with Crippen molar-refractivity contribution in [2.24, 2.45) is 0 Å². The predicted octanol–water partition coefficient (Wildman–Crippen LogP) is 7.15. The lowest BCUT2D eigenvalue weighted by molar-refractivity contribution is 0.304. The fraction of sp³-hybridized carbons (Fsp3) is 0.333. The molecule has 1 heteroatoms. The molecular formula is C24H30O. The van der Waals surface area contributed by atoms with E-state index in [0.717, 1.165) is 18.8 Å². The van der Waals surface area contributed by atoms with Crippen LogP contribution >= 0.6 is 0 Å². The highest BCUT2D eigenvalue weighted by molar-refractivity contribution is 5.57. The number of hydrogen-bond donors (Lipinski definition) is 0. The van der Waals surface area contributed by atoms with E-state index in [1.165, 1.54) is 43.2 Å². The van der Waals surface area contributed by atoms with Crippen LogP contribution in [0.2, 0.25) is 0 Å². The molecule has 0 heterocycles. The highest BCUT2D eigenvalue weighted by Crippen LogP contribution is 2.14. The summed E-state index contributed by atoms with van der Waals surface area (Å²) in [5.41, 5.74) is 2.40. The minimum absolute atomic E-state index is 0.821. The van der Waals surface area contributed by atoms with Crippen molar-refractivity contribution in [3.05, 3.63) is 77.9 Å². The monoisotopic (exact) mass is 334 g/mol. The van der Waals surface area contributed by atoms with E-state index >= 15 is 0 Å². The maximum Gasteiger partial charge on any atom is 0.119 e. The number of hydrogen-bond acceptors (Lipinski definition) is 1. The second kappa shape index (κ2) is 12.1. The summed E-state index contributed by atoms with van der Waals surface area (Å²) in [5.74, 6) is 0.963. The van der Waals surface area contributed by atoms with E-state index in [0.29, 0.717) is 0 Å². The van der Waals surface area contributed by atoms with E-state index in [1.807, 2.05) is 18.2 Å². The summed E-state index contributed by atoms with van der Waals surface area (Å²) in [6.07, 6.45) is 16.1. The van der Waals surface area contributed by atoms with Gasteiger partial charge in [0.15, 0.2) is 0 Å². The average Bonchev–Trinajstić information content (AvgIpc) is 2.66. The van der Waals surface area contributed by atoms with Crippen LogP contribution in [0.25, 0.3) is 12.2 Å². The van der Waals surface area contributed by atoms with Crippen LogP contribution in [0, 0.1) is 0 Å². The lowest BCUT2D eigenvalue weighted by Crippen LogP contribution is -1.97. The Bertz CT molecular complexity index is 623. The highest BCUT2D eigenvalue weighted by Gasteiger charge is 1.94. The van der Waals surface area contributed by atoms with Crippen LogP contribution in [0.15, 0.2) is 66.7 Å². The smallest absolute Gasteiger partial charge is 0.119 e. The normalized spacial score (nSPS) is 11.4. The van der Waals surface area contributed by atoms with Gasteiger partial charge in [-0.3, -0.25) is 0 Å². The molecule has 1 nitrogen and oxygen atoms in total. The Kier molecular flexibility index (Phi) is 9.25. The zero-order valence-corrected chi connectivity index (χ0v) is 15.4. The van der Waals surface area contributed by atoms with Crippen molar-refractivity contribution in [3.8, 4) is 5.75 Å². The summed E-state index contributed by atoms with van der Waals surface area (Å²) in [6.45, 7) is 3.07. The number of allylic oxidation sites excluding steroid dienone is 2. The molecule has 2 aromatic rings. The van der Waals surface area contributed by atoms with Gasteiger partial charge in [0.2, 0.25) is 0 Å². The Hall–Kier alpha value is -2.28. The summed E-state index contributed by atoms with van der Waals surface area (Å²) < 4.78 is 5.81. The molecule has 0 bridgehead atoms. The first-order chi connectivity index (χ1) is 12.4. The minimum atomic E-state index is 0.821. The first kappa shape index (κ1) is 19.1. The molecule has 0 aliphatic carbocycles. The van der Waals surface area contributed by atoms with Crippen molar-refractivity contribution >= 4 is 12.2 Å². The maximum atomic E-state index is 5.81. The van der Waals surface area contributed by atoms with Gasteiger partial charge in [0.1, 0.15) is 5.75 Å². The molecule has 132 valence electrons. The van der Waals surface area contributed by atoms with Gasteiger partial charge in [0, 0.05) is 0 Å². The van der Waals surface area contributed by atoms with Gasteiger partial charge in [-0.25, -0.2) is 0 Å². The molecule has 0 aliphatic heterocycles. The largest absolute Gasteiger partial charge is 0.494 e. The Morgan fingerprint density at radius 2 is 1.28 bits per heavy atom. The number of rotatable bonds is 11. The molecule has 0 aliphatic rings. The lowest BCUT2D eigenvalue weighted by Gasteiger charge is -2.06. The minimum Gasteiger partial charge on any atom is -0.494 e. The first-order valence-corrected chi connectivity index (χ1v) is 9.51. The van der Waals surface area contributed by atoms with E-state index in [1.54, 1.807) is 0 Å². The van der Waals surface area contributed by atoms with Crippen LogP contribution in [0.4, 0.5) is 0 Å². The molecule has 0 fully saturated rings. The van der Waals surface area contributed by atoms with Crippen LogP contribution in [-0.2, 0) is 0 Å². The molecule has 0 N–H and O–H groups in total. The molecule has 2 aromatic carbocycles. The van der Waals surface area contributed by atoms with Gasteiger partial charge >= 0.3 is 0 Å². The molecule has 0 amide bonds. The van der Waals surface area contributed by atoms with Gasteiger partial charge in [-0.05, 0) is 29.7 Å². The molecular weight excluding hydrogens is 304 g/mol. The first-order valence-electron chi connectivity index (χ1n) is 9.51. The number of benzene rings is 2. The quantitative estimate of drug-likeness (QED) is 0.313. The number of ether oxygens (including phenoxy) is 1. The van der Waals surface area contributed by atoms with Gasteiger partial charge in [0.05, 0.1) is 6.61 Å². The fourth-order valence-corrected chi connectivity index (χ4v) is 2.65. The zero-order valence-electron chi connectivity index (χ0n) is 15.4. The molecule has 0 unspecified atom stereocenters. The van der Waals surface area contributed by atoms with Gasteiger partial charge in [-0.15, -0.1) is 0 Å². The second-order valence-corrected chi connectivity index (χ2v) is 6.31. The Morgan fingerprint density at radius 1 is 0.680 bits per heavy atom. The standard InChI is InChI=1S/C24H30O/c1-2-3-4-5-6-12-21-25-24-19-17-23(18-20-24)16-11-10-15-22-13-8-7-9-14-22/h7-11,13-20H,2-6,12,21H2,1H3.